The molecule has 0 aliphatic heterocycles. The van der Waals surface area contributed by atoms with Crippen LogP contribution in [0.25, 0.3) is 0 Å². The molecule has 6 N–H and O–H groups in total. The van der Waals surface area contributed by atoms with Crippen LogP contribution in [0.15, 0.2) is 0 Å². The van der Waals surface area contributed by atoms with E-state index in [9.17, 15) is 19.2 Å². The van der Waals surface area contributed by atoms with Crippen LogP contribution in [0.2, 0.25) is 0 Å². The minimum atomic E-state index is -0.780. The monoisotopic (exact) mass is 529 g/mol. The molecule has 0 aliphatic carbocycles. The first kappa shape index (κ1) is 34.8. The molecule has 0 aromatic rings. The van der Waals surface area contributed by atoms with Crippen LogP contribution in [-0.2, 0) is 23.9 Å². The van der Waals surface area contributed by atoms with Gasteiger partial charge in [-0.15, -0.1) is 0 Å². The Morgan fingerprint density at radius 3 is 2.03 bits per heavy atom. The van der Waals surface area contributed by atoms with Crippen LogP contribution >= 0.6 is 0 Å². The number of nitrogens with two attached hydrogens (primary N) is 1. The number of primary amides is 1. The maximum Gasteiger partial charge on any atom is 0.312 e. The number of nitrogens with one attached hydrogen (secondary N) is 4. The molecule has 0 heterocycles. The van der Waals surface area contributed by atoms with Gasteiger partial charge in [-0.25, -0.2) is 4.79 Å². The fourth-order valence-corrected chi connectivity index (χ4v) is 3.50. The average Bonchev–Trinajstić information content (AvgIpc) is 2.77. The predicted molar refractivity (Wildman–Crippen MR) is 144 cm³/mol. The van der Waals surface area contributed by atoms with Crippen molar-refractivity contribution in [2.75, 3.05) is 33.4 Å². The summed E-state index contributed by atoms with van der Waals surface area (Å²) in [5, 5.41) is 11.1. The molecule has 0 bridgehead atoms. The van der Waals surface area contributed by atoms with Crippen molar-refractivity contribution in [1.29, 1.82) is 0 Å². The number of rotatable bonds is 20. The summed E-state index contributed by atoms with van der Waals surface area (Å²) in [6.45, 7) is 15.2. The average molecular weight is 530 g/mol. The van der Waals surface area contributed by atoms with E-state index in [-0.39, 0.29) is 29.6 Å². The summed E-state index contributed by atoms with van der Waals surface area (Å²) < 4.78 is 11.9. The summed E-state index contributed by atoms with van der Waals surface area (Å²) in [7, 11) is 1.88. The molecule has 0 fully saturated rings. The highest BCUT2D eigenvalue weighted by Gasteiger charge is 2.29. The van der Waals surface area contributed by atoms with Crippen LogP contribution in [0.3, 0.4) is 0 Å². The molecular formula is C26H51N5O6. The fraction of sp³-hybridized carbons (Fsp3) is 0.846. The number of urea groups is 1. The molecule has 0 aromatic carbocycles. The molecule has 0 radical (unpaired) electrons. The Labute approximate surface area is 222 Å². The Kier molecular flexibility index (Phi) is 16.3. The summed E-state index contributed by atoms with van der Waals surface area (Å²) in [6, 6.07) is -2.13. The fourth-order valence-electron chi connectivity index (χ4n) is 3.50. The van der Waals surface area contributed by atoms with Gasteiger partial charge in [-0.2, -0.15) is 0 Å². The number of hydrogen-bond acceptors (Lipinski definition) is 7. The Morgan fingerprint density at radius 2 is 1.49 bits per heavy atom. The molecule has 0 saturated heterocycles. The minimum absolute atomic E-state index is 0.178. The number of ketones is 1. The highest BCUT2D eigenvalue weighted by molar-refractivity contribution is 5.92. The number of carbonyl (C=O) groups is 4. The number of amides is 4. The predicted octanol–water partition coefficient (Wildman–Crippen LogP) is 1.63. The van der Waals surface area contributed by atoms with E-state index in [4.69, 9.17) is 15.2 Å². The summed E-state index contributed by atoms with van der Waals surface area (Å²) in [6.07, 6.45) is 2.22. The Bertz CT molecular complexity index is 726. The van der Waals surface area contributed by atoms with E-state index in [2.05, 4.69) is 21.3 Å². The van der Waals surface area contributed by atoms with Gasteiger partial charge >= 0.3 is 6.03 Å². The molecule has 0 aromatic heterocycles. The molecule has 11 heteroatoms. The second-order valence-corrected chi connectivity index (χ2v) is 11.0. The summed E-state index contributed by atoms with van der Waals surface area (Å²) >= 11 is 0. The highest BCUT2D eigenvalue weighted by Crippen LogP contribution is 2.21. The first-order valence-corrected chi connectivity index (χ1v) is 13.2. The van der Waals surface area contributed by atoms with Crippen molar-refractivity contribution in [1.82, 2.24) is 21.3 Å². The van der Waals surface area contributed by atoms with E-state index >= 15 is 0 Å². The van der Waals surface area contributed by atoms with Crippen molar-refractivity contribution < 1.29 is 28.7 Å². The van der Waals surface area contributed by atoms with E-state index in [1.165, 1.54) is 6.92 Å². The van der Waals surface area contributed by atoms with Gasteiger partial charge in [-0.05, 0) is 73.3 Å². The largest absolute Gasteiger partial charge is 0.375 e. The molecule has 0 aliphatic rings. The molecule has 216 valence electrons. The van der Waals surface area contributed by atoms with Crippen LogP contribution in [0.5, 0.6) is 0 Å². The lowest BCUT2D eigenvalue weighted by Crippen LogP contribution is -2.53. The highest BCUT2D eigenvalue weighted by atomic mass is 16.5. The molecule has 2 atom stereocenters. The zero-order valence-electron chi connectivity index (χ0n) is 24.1. The molecule has 2 unspecified atom stereocenters. The van der Waals surface area contributed by atoms with Gasteiger partial charge in [0.25, 0.3) is 0 Å². The van der Waals surface area contributed by atoms with Gasteiger partial charge in [0.2, 0.25) is 11.8 Å². The Hall–Kier alpha value is -2.24. The maximum atomic E-state index is 12.9. The molecule has 11 nitrogen and oxygen atoms in total. The minimum Gasteiger partial charge on any atom is -0.375 e. The molecule has 0 saturated carbocycles. The topological polar surface area (TPSA) is 161 Å². The van der Waals surface area contributed by atoms with Gasteiger partial charge in [-0.3, -0.25) is 14.4 Å². The molecule has 4 amide bonds. The van der Waals surface area contributed by atoms with Crippen LogP contribution in [0.4, 0.5) is 4.79 Å². The van der Waals surface area contributed by atoms with E-state index in [1.54, 1.807) is 0 Å². The zero-order valence-corrected chi connectivity index (χ0v) is 24.1. The molecule has 37 heavy (non-hydrogen) atoms. The second kappa shape index (κ2) is 17.3. The molecule has 0 spiro atoms. The normalized spacial score (nSPS) is 13.6. The lowest BCUT2D eigenvalue weighted by atomic mass is 9.99. The Morgan fingerprint density at radius 1 is 0.892 bits per heavy atom. The van der Waals surface area contributed by atoms with Gasteiger partial charge in [-0.1, -0.05) is 13.8 Å². The summed E-state index contributed by atoms with van der Waals surface area (Å²) in [5.74, 6) is -1.05. The van der Waals surface area contributed by atoms with Gasteiger partial charge in [0.1, 0.15) is 6.04 Å². The van der Waals surface area contributed by atoms with Crippen LogP contribution < -0.4 is 27.0 Å². The van der Waals surface area contributed by atoms with Crippen LogP contribution in [0.1, 0.15) is 80.6 Å². The van der Waals surface area contributed by atoms with Crippen molar-refractivity contribution in [2.45, 2.75) is 104 Å². The van der Waals surface area contributed by atoms with E-state index < -0.39 is 29.6 Å². The SMILES string of the molecule is CNCCOC(C)(C)CCOC(C)(C)CCC(=O)NC(C(=O)NC(CCCNC(N)=O)C(C)=O)C(C)C. The third-order valence-corrected chi connectivity index (χ3v) is 6.04. The quantitative estimate of drug-likeness (QED) is 0.150. The molecule has 0 rings (SSSR count). The molecular weight excluding hydrogens is 478 g/mol. The van der Waals surface area contributed by atoms with Gasteiger partial charge in [0.05, 0.1) is 30.5 Å². The van der Waals surface area contributed by atoms with Crippen molar-refractivity contribution in [3.63, 3.8) is 0 Å². The van der Waals surface area contributed by atoms with Crippen molar-refractivity contribution >= 4 is 23.6 Å². The Balaban J connectivity index is 4.73. The van der Waals surface area contributed by atoms with E-state index in [0.29, 0.717) is 39.0 Å². The van der Waals surface area contributed by atoms with Crippen molar-refractivity contribution in [2.24, 2.45) is 11.7 Å². The third kappa shape index (κ3) is 17.0. The van der Waals surface area contributed by atoms with Gasteiger partial charge < -0.3 is 36.5 Å². The van der Waals surface area contributed by atoms with E-state index in [1.807, 2.05) is 48.6 Å². The van der Waals surface area contributed by atoms with Crippen LogP contribution in [-0.4, -0.2) is 80.3 Å². The van der Waals surface area contributed by atoms with Gasteiger partial charge in [0, 0.05) is 19.5 Å². The van der Waals surface area contributed by atoms with Gasteiger partial charge in [0.15, 0.2) is 5.78 Å². The zero-order chi connectivity index (χ0) is 28.6. The van der Waals surface area contributed by atoms with E-state index in [0.717, 1.165) is 13.0 Å². The standard InChI is InChI=1S/C26H51N5O6/c1-18(2)22(23(34)30-20(19(3)32)10-9-14-29-24(27)35)31-21(33)11-12-25(4,5)36-16-13-26(6,7)37-17-15-28-8/h18,20,22,28H,9-17H2,1-8H3,(H,30,34)(H,31,33)(H3,27,29,35). The second-order valence-electron chi connectivity index (χ2n) is 11.0. The smallest absolute Gasteiger partial charge is 0.312 e. The number of ether oxygens (including phenoxy) is 2. The maximum absolute atomic E-state index is 12.9. The van der Waals surface area contributed by atoms with Crippen LogP contribution in [0, 0.1) is 5.92 Å². The summed E-state index contributed by atoms with van der Waals surface area (Å²) in [5.41, 5.74) is 4.21. The van der Waals surface area contributed by atoms with Crippen molar-refractivity contribution in [3.8, 4) is 0 Å². The number of likely N-dealkylation sites (N-methyl/N-ethyl adjacent to an activating group) is 1. The first-order chi connectivity index (χ1) is 17.1. The summed E-state index contributed by atoms with van der Waals surface area (Å²) in [4.78, 5) is 48.4. The first-order valence-electron chi connectivity index (χ1n) is 13.2. The number of Topliss-reactive ketones (excluding diaryl/α,β-unsaturated/α-hetero) is 1. The van der Waals surface area contributed by atoms with Crippen molar-refractivity contribution in [3.05, 3.63) is 0 Å². The number of hydrogen-bond donors (Lipinski definition) is 5. The third-order valence-electron chi connectivity index (χ3n) is 6.04. The lowest BCUT2D eigenvalue weighted by Gasteiger charge is -2.30. The number of carbonyl (C=O) groups excluding carboxylic acids is 4. The lowest BCUT2D eigenvalue weighted by molar-refractivity contribution is -0.132.